The fourth-order valence-electron chi connectivity index (χ4n) is 2.90. The topological polar surface area (TPSA) is 63.2 Å². The summed E-state index contributed by atoms with van der Waals surface area (Å²) in [6.45, 7) is 5.90. The first kappa shape index (κ1) is 23.8. The van der Waals surface area contributed by atoms with Gasteiger partial charge < -0.3 is 15.4 Å². The molecule has 0 spiro atoms. The molecule has 0 saturated carbocycles. The number of hydrogen-bond donors (Lipinski definition) is 2. The Morgan fingerprint density at radius 2 is 2.22 bits per heavy atom. The molecule has 0 fully saturated rings. The Labute approximate surface area is 174 Å². The quantitative estimate of drug-likeness (QED) is 0.717. The number of benzene rings is 1. The summed E-state index contributed by atoms with van der Waals surface area (Å²) in [6.07, 6.45) is 0.668. The molecule has 2 aromatic rings. The maximum atomic E-state index is 14.6. The van der Waals surface area contributed by atoms with E-state index in [2.05, 4.69) is 15.6 Å². The average Bonchev–Trinajstić information content (AvgIpc) is 3.06. The van der Waals surface area contributed by atoms with Gasteiger partial charge in [-0.2, -0.15) is 0 Å². The van der Waals surface area contributed by atoms with E-state index in [1.54, 1.807) is 6.07 Å². The Bertz CT molecular complexity index is 773. The van der Waals surface area contributed by atoms with Crippen LogP contribution >= 0.6 is 36.2 Å². The Balaban J connectivity index is 0.00000182. The van der Waals surface area contributed by atoms with E-state index in [-0.39, 0.29) is 54.8 Å². The van der Waals surface area contributed by atoms with E-state index in [0.717, 1.165) is 17.1 Å². The van der Waals surface area contributed by atoms with Crippen molar-refractivity contribution in [3.63, 3.8) is 0 Å². The van der Waals surface area contributed by atoms with Gasteiger partial charge in [-0.3, -0.25) is 4.79 Å². The summed E-state index contributed by atoms with van der Waals surface area (Å²) < 4.78 is 20.1. The lowest BCUT2D eigenvalue weighted by Crippen LogP contribution is -2.25. The zero-order valence-electron chi connectivity index (χ0n) is 15.2. The fraction of sp³-hybridized carbons (Fsp3) is 0.444. The number of rotatable bonds is 6. The second kappa shape index (κ2) is 10.9. The molecule has 0 radical (unpaired) electrons. The van der Waals surface area contributed by atoms with E-state index in [1.165, 1.54) is 11.3 Å². The van der Waals surface area contributed by atoms with Crippen LogP contribution in [0.25, 0.3) is 0 Å². The number of halogens is 3. The van der Waals surface area contributed by atoms with E-state index in [4.69, 9.17) is 4.74 Å². The predicted molar refractivity (Wildman–Crippen MR) is 111 cm³/mol. The number of thiazole rings is 1. The highest BCUT2D eigenvalue weighted by Gasteiger charge is 2.18. The van der Waals surface area contributed by atoms with Crippen LogP contribution in [0.3, 0.4) is 0 Å². The lowest BCUT2D eigenvalue weighted by Gasteiger charge is -2.19. The molecule has 1 aliphatic heterocycles. The molecule has 0 aliphatic carbocycles. The average molecular weight is 436 g/mol. The number of nitrogens with zero attached hydrogens (tertiary/aromatic N) is 1. The minimum absolute atomic E-state index is 0. The third kappa shape index (κ3) is 5.86. The highest BCUT2D eigenvalue weighted by atomic mass is 35.5. The number of nitrogens with one attached hydrogen (secondary N) is 2. The van der Waals surface area contributed by atoms with Crippen molar-refractivity contribution in [3.05, 3.63) is 45.2 Å². The van der Waals surface area contributed by atoms with Crippen molar-refractivity contribution in [1.29, 1.82) is 0 Å². The van der Waals surface area contributed by atoms with Gasteiger partial charge in [0.2, 0.25) is 5.91 Å². The third-order valence-electron chi connectivity index (χ3n) is 4.16. The van der Waals surface area contributed by atoms with Crippen molar-refractivity contribution in [3.8, 4) is 0 Å². The summed E-state index contributed by atoms with van der Waals surface area (Å²) in [5.74, 6) is -0.593. The Kier molecular flexibility index (Phi) is 9.62. The molecule has 5 nitrogen and oxygen atoms in total. The molecule has 27 heavy (non-hydrogen) atoms. The molecule has 2 heterocycles. The number of fused-ring (bicyclic) bond motifs is 1. The predicted octanol–water partition coefficient (Wildman–Crippen LogP) is 4.05. The van der Waals surface area contributed by atoms with Gasteiger partial charge in [0.25, 0.3) is 0 Å². The molecule has 1 atom stereocenters. The molecule has 3 rings (SSSR count). The molecule has 9 heteroatoms. The molecule has 1 unspecified atom stereocenters. The fourth-order valence-corrected chi connectivity index (χ4v) is 3.72. The van der Waals surface area contributed by atoms with Gasteiger partial charge in [-0.15, -0.1) is 36.2 Å². The zero-order valence-corrected chi connectivity index (χ0v) is 17.7. The van der Waals surface area contributed by atoms with E-state index in [1.807, 2.05) is 25.3 Å². The normalized spacial score (nSPS) is 13.7. The maximum absolute atomic E-state index is 14.6. The van der Waals surface area contributed by atoms with Gasteiger partial charge in [-0.05, 0) is 44.0 Å². The van der Waals surface area contributed by atoms with E-state index >= 15 is 0 Å². The van der Waals surface area contributed by atoms with Crippen molar-refractivity contribution >= 4 is 47.7 Å². The number of carbonyl (C=O) groups excluding carboxylic acids is 1. The van der Waals surface area contributed by atoms with Crippen LogP contribution in [0.15, 0.2) is 17.5 Å². The van der Waals surface area contributed by atoms with Crippen molar-refractivity contribution in [2.45, 2.75) is 39.3 Å². The van der Waals surface area contributed by atoms with Gasteiger partial charge in [0.05, 0.1) is 17.8 Å². The summed E-state index contributed by atoms with van der Waals surface area (Å²) in [4.78, 5) is 16.7. The van der Waals surface area contributed by atoms with Crippen LogP contribution in [0.4, 0.5) is 10.1 Å². The molecule has 1 aromatic carbocycles. The van der Waals surface area contributed by atoms with Crippen LogP contribution < -0.4 is 10.6 Å². The number of amides is 1. The third-order valence-corrected chi connectivity index (χ3v) is 5.21. The smallest absolute Gasteiger partial charge is 0.230 e. The second-order valence-electron chi connectivity index (χ2n) is 5.99. The van der Waals surface area contributed by atoms with Crippen molar-refractivity contribution in [2.24, 2.45) is 0 Å². The first-order chi connectivity index (χ1) is 12.1. The number of ether oxygens (including phenoxy) is 1. The zero-order chi connectivity index (χ0) is 17.8. The molecule has 0 bridgehead atoms. The van der Waals surface area contributed by atoms with Crippen LogP contribution in [0.5, 0.6) is 0 Å². The van der Waals surface area contributed by atoms with Crippen molar-refractivity contribution in [2.75, 3.05) is 18.5 Å². The Hall–Kier alpha value is -1.25. The Morgan fingerprint density at radius 3 is 2.96 bits per heavy atom. The molecule has 1 amide bonds. The van der Waals surface area contributed by atoms with Gasteiger partial charge in [0.1, 0.15) is 16.9 Å². The molecule has 150 valence electrons. The van der Waals surface area contributed by atoms with Crippen LogP contribution in [0, 0.1) is 5.82 Å². The van der Waals surface area contributed by atoms with E-state index in [9.17, 15) is 9.18 Å². The standard InChI is InChI=1S/C18H22FN3O2S.2ClH/c1-3-24-11(2)18-21-13(10-25-18)8-16(23)22-15-5-4-12-9-20-7-6-14(12)17(15)19;;/h4-5,10-11,20H,3,6-9H2,1-2H3,(H,22,23);2*1H. The number of carbonyl (C=O) groups is 1. The molecule has 0 saturated heterocycles. The number of anilines is 1. The molecule has 2 N–H and O–H groups in total. The summed E-state index contributed by atoms with van der Waals surface area (Å²) in [5, 5.41) is 8.57. The minimum Gasteiger partial charge on any atom is -0.372 e. The van der Waals surface area contributed by atoms with E-state index in [0.29, 0.717) is 30.8 Å². The van der Waals surface area contributed by atoms with Crippen LogP contribution in [-0.2, 0) is 28.9 Å². The molecular formula is C18H24Cl2FN3O2S. The van der Waals surface area contributed by atoms with Crippen LogP contribution in [0.1, 0.15) is 41.8 Å². The van der Waals surface area contributed by atoms with Crippen LogP contribution in [-0.4, -0.2) is 24.0 Å². The van der Waals surface area contributed by atoms with Crippen molar-refractivity contribution < 1.29 is 13.9 Å². The number of hydrogen-bond acceptors (Lipinski definition) is 5. The highest BCUT2D eigenvalue weighted by molar-refractivity contribution is 7.09. The maximum Gasteiger partial charge on any atom is 0.230 e. The largest absolute Gasteiger partial charge is 0.372 e. The SMILES string of the molecule is CCOC(C)c1nc(CC(=O)Nc2ccc3c(c2F)CCNC3)cs1.Cl.Cl. The summed E-state index contributed by atoms with van der Waals surface area (Å²) >= 11 is 1.47. The number of aromatic nitrogens is 1. The summed E-state index contributed by atoms with van der Waals surface area (Å²) in [7, 11) is 0. The lowest BCUT2D eigenvalue weighted by atomic mass is 9.99. The minimum atomic E-state index is -0.323. The lowest BCUT2D eigenvalue weighted by molar-refractivity contribution is -0.115. The second-order valence-corrected chi connectivity index (χ2v) is 6.88. The first-order valence-electron chi connectivity index (χ1n) is 8.45. The summed E-state index contributed by atoms with van der Waals surface area (Å²) in [5.41, 5.74) is 2.56. The molecular weight excluding hydrogens is 412 g/mol. The molecule has 1 aromatic heterocycles. The monoisotopic (exact) mass is 435 g/mol. The van der Waals surface area contributed by atoms with Gasteiger partial charge >= 0.3 is 0 Å². The van der Waals surface area contributed by atoms with Crippen LogP contribution in [0.2, 0.25) is 0 Å². The first-order valence-corrected chi connectivity index (χ1v) is 9.33. The molecule has 1 aliphatic rings. The van der Waals surface area contributed by atoms with Gasteiger partial charge in [0.15, 0.2) is 0 Å². The van der Waals surface area contributed by atoms with Gasteiger partial charge in [-0.25, -0.2) is 9.37 Å². The summed E-state index contributed by atoms with van der Waals surface area (Å²) in [6, 6.07) is 3.49. The van der Waals surface area contributed by atoms with Gasteiger partial charge in [0, 0.05) is 18.5 Å². The highest BCUT2D eigenvalue weighted by Crippen LogP contribution is 2.25. The van der Waals surface area contributed by atoms with E-state index < -0.39 is 0 Å². The Morgan fingerprint density at radius 1 is 1.44 bits per heavy atom. The van der Waals surface area contributed by atoms with Crippen molar-refractivity contribution in [1.82, 2.24) is 10.3 Å². The van der Waals surface area contributed by atoms with Gasteiger partial charge in [-0.1, -0.05) is 6.07 Å².